The first kappa shape index (κ1) is 18.6. The van der Waals surface area contributed by atoms with E-state index in [9.17, 15) is 9.59 Å². The van der Waals surface area contributed by atoms with Crippen LogP contribution in [-0.2, 0) is 4.79 Å². The van der Waals surface area contributed by atoms with E-state index in [-0.39, 0.29) is 18.5 Å². The van der Waals surface area contributed by atoms with Gasteiger partial charge in [-0.25, -0.2) is 9.79 Å². The van der Waals surface area contributed by atoms with Crippen molar-refractivity contribution in [2.45, 2.75) is 33.0 Å². The van der Waals surface area contributed by atoms with Crippen LogP contribution >= 0.6 is 11.6 Å². The van der Waals surface area contributed by atoms with Crippen molar-refractivity contribution < 1.29 is 9.59 Å². The van der Waals surface area contributed by atoms with Crippen LogP contribution in [0.15, 0.2) is 52.8 Å². The maximum atomic E-state index is 13.3. The topological polar surface area (TPSA) is 59.5 Å². The Balaban J connectivity index is 1.79. The number of rotatable bonds is 3. The third-order valence-corrected chi connectivity index (χ3v) is 5.73. The number of anilines is 1. The maximum Gasteiger partial charge on any atom is 0.328 e. The number of urea groups is 1. The molecule has 0 saturated carbocycles. The molecule has 0 N–H and O–H groups in total. The summed E-state index contributed by atoms with van der Waals surface area (Å²) in [7, 11) is 1.68. The number of halogens is 1. The number of likely N-dealkylation sites (N-methyl/N-ethyl adjacent to an activating group) is 1. The molecule has 3 aliphatic heterocycles. The minimum atomic E-state index is -0.598. The number of hydrogen-bond acceptors (Lipinski definition) is 5. The summed E-state index contributed by atoms with van der Waals surface area (Å²) in [5, 5.41) is 0.591. The van der Waals surface area contributed by atoms with Crippen LogP contribution in [0, 0.1) is 0 Å². The average molecular weight is 400 g/mol. The Morgan fingerprint density at radius 2 is 1.89 bits per heavy atom. The number of benzene rings is 1. The first-order valence-electron chi connectivity index (χ1n) is 9.05. The molecule has 146 valence electrons. The fraction of sp³-hybridized carbons (Fsp3) is 0.350. The van der Waals surface area contributed by atoms with Gasteiger partial charge in [0.15, 0.2) is 12.2 Å². The van der Waals surface area contributed by atoms with Crippen molar-refractivity contribution in [2.75, 3.05) is 18.5 Å². The van der Waals surface area contributed by atoms with Crippen molar-refractivity contribution in [1.29, 1.82) is 0 Å². The molecule has 2 unspecified atom stereocenters. The van der Waals surface area contributed by atoms with Crippen LogP contribution in [0.3, 0.4) is 0 Å². The fourth-order valence-corrected chi connectivity index (χ4v) is 4.17. The number of aliphatic imine (C=N–C) groups is 1. The summed E-state index contributed by atoms with van der Waals surface area (Å²) in [6.07, 6.45) is -0.579. The number of carbonyl (C=O) groups excluding carboxylic acids is 2. The lowest BCUT2D eigenvalue weighted by atomic mass is 10.1. The van der Waals surface area contributed by atoms with Crippen LogP contribution in [-0.4, -0.2) is 58.4 Å². The minimum absolute atomic E-state index is 0.199. The molecule has 3 heterocycles. The number of imide groups is 1. The van der Waals surface area contributed by atoms with Crippen molar-refractivity contribution in [2.24, 2.45) is 4.99 Å². The summed E-state index contributed by atoms with van der Waals surface area (Å²) in [5.41, 5.74) is 3.40. The molecule has 0 aliphatic carbocycles. The van der Waals surface area contributed by atoms with Crippen LogP contribution in [0.5, 0.6) is 0 Å². The largest absolute Gasteiger partial charge is 0.328 e. The van der Waals surface area contributed by atoms with E-state index in [2.05, 4.69) is 6.58 Å². The van der Waals surface area contributed by atoms with Gasteiger partial charge in [-0.15, -0.1) is 0 Å². The van der Waals surface area contributed by atoms with Gasteiger partial charge in [0.05, 0.1) is 17.3 Å². The highest BCUT2D eigenvalue weighted by atomic mass is 35.5. The Labute approximate surface area is 169 Å². The zero-order valence-electron chi connectivity index (χ0n) is 16.3. The molecule has 8 heteroatoms. The zero-order valence-corrected chi connectivity index (χ0v) is 17.1. The van der Waals surface area contributed by atoms with E-state index in [0.29, 0.717) is 11.0 Å². The van der Waals surface area contributed by atoms with Gasteiger partial charge in [-0.2, -0.15) is 0 Å². The van der Waals surface area contributed by atoms with E-state index in [1.54, 1.807) is 14.0 Å². The van der Waals surface area contributed by atoms with Gasteiger partial charge < -0.3 is 4.90 Å². The SMILES string of the molecule is C=C(C)CN1C(=O)C2C(N=C3N(c4ccccc4Cl)C(C)=C(C)N32)N(C)C1=O. The van der Waals surface area contributed by atoms with E-state index in [0.717, 1.165) is 22.7 Å². The lowest BCUT2D eigenvalue weighted by Gasteiger charge is -2.40. The van der Waals surface area contributed by atoms with Crippen molar-refractivity contribution >= 4 is 35.2 Å². The van der Waals surface area contributed by atoms with Gasteiger partial charge in [-0.3, -0.25) is 19.5 Å². The summed E-state index contributed by atoms with van der Waals surface area (Å²) in [6, 6.07) is 6.55. The molecule has 1 aromatic rings. The lowest BCUT2D eigenvalue weighted by molar-refractivity contribution is -0.136. The normalized spacial score (nSPS) is 24.1. The zero-order chi connectivity index (χ0) is 20.3. The highest BCUT2D eigenvalue weighted by molar-refractivity contribution is 6.34. The van der Waals surface area contributed by atoms with Crippen LogP contribution in [0.4, 0.5) is 10.5 Å². The van der Waals surface area contributed by atoms with Crippen LogP contribution in [0.1, 0.15) is 20.8 Å². The summed E-state index contributed by atoms with van der Waals surface area (Å²) in [4.78, 5) is 37.4. The predicted molar refractivity (Wildman–Crippen MR) is 109 cm³/mol. The molecule has 3 aliphatic rings. The quantitative estimate of drug-likeness (QED) is 0.732. The first-order valence-corrected chi connectivity index (χ1v) is 9.43. The van der Waals surface area contributed by atoms with Crippen molar-refractivity contribution in [1.82, 2.24) is 14.7 Å². The molecular weight excluding hydrogens is 378 g/mol. The Morgan fingerprint density at radius 1 is 1.21 bits per heavy atom. The summed E-state index contributed by atoms with van der Waals surface area (Å²) in [5.74, 6) is 0.353. The van der Waals surface area contributed by atoms with Gasteiger partial charge in [-0.05, 0) is 32.9 Å². The highest BCUT2D eigenvalue weighted by Crippen LogP contribution is 2.41. The third-order valence-electron chi connectivity index (χ3n) is 5.41. The van der Waals surface area contributed by atoms with Crippen molar-refractivity contribution in [3.05, 3.63) is 52.8 Å². The second-order valence-corrected chi connectivity index (χ2v) is 7.80. The Bertz CT molecular complexity index is 969. The molecule has 7 nitrogen and oxygen atoms in total. The van der Waals surface area contributed by atoms with Crippen LogP contribution < -0.4 is 4.90 Å². The van der Waals surface area contributed by atoms with Gasteiger partial charge in [0.2, 0.25) is 5.96 Å². The Morgan fingerprint density at radius 3 is 2.54 bits per heavy atom. The molecule has 1 aromatic carbocycles. The van der Waals surface area contributed by atoms with Gasteiger partial charge in [-0.1, -0.05) is 35.9 Å². The van der Waals surface area contributed by atoms with Gasteiger partial charge in [0, 0.05) is 18.4 Å². The standard InChI is InChI=1S/C20H22ClN5O2/c1-11(2)10-24-18(27)16-17(23(5)20(24)28)22-19-25(12(3)13(4)26(16)19)15-9-7-6-8-14(15)21/h6-9,16-17H,1,10H2,2-5H3. The molecular formula is C20H22ClN5O2. The molecule has 28 heavy (non-hydrogen) atoms. The van der Waals surface area contributed by atoms with Gasteiger partial charge >= 0.3 is 6.03 Å². The second kappa shape index (κ2) is 6.38. The van der Waals surface area contributed by atoms with E-state index in [4.69, 9.17) is 16.6 Å². The molecule has 0 spiro atoms. The van der Waals surface area contributed by atoms with Gasteiger partial charge in [0.25, 0.3) is 5.91 Å². The number of guanidine groups is 1. The number of para-hydroxylation sites is 1. The van der Waals surface area contributed by atoms with Crippen LogP contribution in [0.25, 0.3) is 0 Å². The lowest BCUT2D eigenvalue weighted by Crippen LogP contribution is -2.64. The fourth-order valence-electron chi connectivity index (χ4n) is 3.95. The molecule has 3 amide bonds. The van der Waals surface area contributed by atoms with Gasteiger partial charge in [0.1, 0.15) is 0 Å². The second-order valence-electron chi connectivity index (χ2n) is 7.39. The maximum absolute atomic E-state index is 13.3. The first-order chi connectivity index (χ1) is 13.2. The number of allylic oxidation sites excluding steroid dienone is 2. The molecule has 1 fully saturated rings. The summed E-state index contributed by atoms with van der Waals surface area (Å²) >= 11 is 6.43. The van der Waals surface area contributed by atoms with Crippen molar-refractivity contribution in [3.8, 4) is 0 Å². The van der Waals surface area contributed by atoms with Crippen molar-refractivity contribution in [3.63, 3.8) is 0 Å². The number of carbonyl (C=O) groups is 2. The summed E-state index contributed by atoms with van der Waals surface area (Å²) in [6.45, 7) is 9.77. The third kappa shape index (κ3) is 2.46. The van der Waals surface area contributed by atoms with E-state index in [1.807, 2.05) is 47.9 Å². The number of fused-ring (bicyclic) bond motifs is 3. The number of nitrogens with zero attached hydrogens (tertiary/aromatic N) is 5. The molecule has 0 aromatic heterocycles. The Kier molecular flexibility index (Phi) is 4.23. The smallest absolute Gasteiger partial charge is 0.302 e. The van der Waals surface area contributed by atoms with E-state index < -0.39 is 12.2 Å². The highest BCUT2D eigenvalue weighted by Gasteiger charge is 2.55. The van der Waals surface area contributed by atoms with E-state index in [1.165, 1.54) is 9.80 Å². The predicted octanol–water partition coefficient (Wildman–Crippen LogP) is 3.25. The molecule has 0 radical (unpaired) electrons. The molecule has 0 bridgehead atoms. The average Bonchev–Trinajstić information content (AvgIpc) is 3.14. The Hall–Kier alpha value is -2.80. The number of hydrogen-bond donors (Lipinski definition) is 0. The monoisotopic (exact) mass is 399 g/mol. The minimum Gasteiger partial charge on any atom is -0.302 e. The van der Waals surface area contributed by atoms with E-state index >= 15 is 0 Å². The van der Waals surface area contributed by atoms with Crippen LogP contribution in [0.2, 0.25) is 5.02 Å². The number of amides is 3. The molecule has 1 saturated heterocycles. The molecule has 2 atom stereocenters. The molecule has 4 rings (SSSR count). The summed E-state index contributed by atoms with van der Waals surface area (Å²) < 4.78 is 0.